The summed E-state index contributed by atoms with van der Waals surface area (Å²) >= 11 is 0. The van der Waals surface area contributed by atoms with Gasteiger partial charge in [-0.15, -0.1) is 0 Å². The predicted molar refractivity (Wildman–Crippen MR) is 134 cm³/mol. The summed E-state index contributed by atoms with van der Waals surface area (Å²) in [6.45, 7) is 8.03. The van der Waals surface area contributed by atoms with Crippen molar-refractivity contribution in [1.29, 1.82) is 0 Å². The Kier molecular flexibility index (Phi) is 8.39. The molecule has 1 heterocycles. The van der Waals surface area contributed by atoms with Crippen LogP contribution in [0.4, 0.5) is 14.6 Å². The van der Waals surface area contributed by atoms with Crippen LogP contribution in [0.15, 0.2) is 59.4 Å². The summed E-state index contributed by atoms with van der Waals surface area (Å²) in [7, 11) is 0. The number of nitrogen functional groups attached to an aromatic ring is 1. The quantitative estimate of drug-likeness (QED) is 0.307. The van der Waals surface area contributed by atoms with Crippen molar-refractivity contribution in [1.82, 2.24) is 9.88 Å². The Morgan fingerprint density at radius 3 is 2.33 bits per heavy atom. The zero-order valence-electron chi connectivity index (χ0n) is 20.7. The van der Waals surface area contributed by atoms with Gasteiger partial charge >= 0.3 is 0 Å². The minimum Gasteiger partial charge on any atom is -0.384 e. The van der Waals surface area contributed by atoms with Crippen molar-refractivity contribution in [2.45, 2.75) is 52.0 Å². The Morgan fingerprint density at radius 2 is 1.72 bits per heavy atom. The predicted octanol–water partition coefficient (Wildman–Crippen LogP) is 3.58. The number of carbonyl (C=O) groups is 1. The lowest BCUT2D eigenvalue weighted by molar-refractivity contribution is -0.177. The number of nitrogens with zero attached hydrogens (tertiary/aromatic N) is 1. The molecule has 0 saturated carbocycles. The fourth-order valence-electron chi connectivity index (χ4n) is 3.65. The van der Waals surface area contributed by atoms with Crippen LogP contribution in [0.5, 0.6) is 0 Å². The SMILES string of the molecule is C[C@H](NCCc1ccc(-n2c(N)c(C(=O)c3ccc(F)cc3F)ccc2=O)cc1)C(O)OC(C)(C)C. The van der Waals surface area contributed by atoms with Gasteiger partial charge in [0.1, 0.15) is 17.5 Å². The van der Waals surface area contributed by atoms with Gasteiger partial charge in [0.15, 0.2) is 12.1 Å². The van der Waals surface area contributed by atoms with Crippen molar-refractivity contribution in [3.8, 4) is 5.69 Å². The molecule has 0 aliphatic carbocycles. The molecule has 7 nitrogen and oxygen atoms in total. The van der Waals surface area contributed by atoms with Crippen molar-refractivity contribution >= 4 is 11.6 Å². The number of nitrogens with two attached hydrogens (primary N) is 1. The van der Waals surface area contributed by atoms with Gasteiger partial charge < -0.3 is 20.9 Å². The van der Waals surface area contributed by atoms with E-state index in [9.17, 15) is 23.5 Å². The van der Waals surface area contributed by atoms with E-state index in [1.165, 1.54) is 16.7 Å². The monoisotopic (exact) mass is 499 g/mol. The third-order valence-corrected chi connectivity index (χ3v) is 5.53. The van der Waals surface area contributed by atoms with Gasteiger partial charge in [-0.1, -0.05) is 12.1 Å². The van der Waals surface area contributed by atoms with Crippen LogP contribution in [0.25, 0.3) is 5.69 Å². The van der Waals surface area contributed by atoms with E-state index < -0.39 is 34.9 Å². The summed E-state index contributed by atoms with van der Waals surface area (Å²) in [5, 5.41) is 13.4. The number of aliphatic hydroxyl groups is 1. The average molecular weight is 500 g/mol. The van der Waals surface area contributed by atoms with Crippen LogP contribution < -0.4 is 16.6 Å². The van der Waals surface area contributed by atoms with Gasteiger partial charge in [-0.25, -0.2) is 8.78 Å². The van der Waals surface area contributed by atoms with Gasteiger partial charge in [-0.3, -0.25) is 14.2 Å². The number of aromatic nitrogens is 1. The van der Waals surface area contributed by atoms with Crippen molar-refractivity contribution < 1.29 is 23.4 Å². The van der Waals surface area contributed by atoms with Crippen LogP contribution in [-0.2, 0) is 11.2 Å². The third-order valence-electron chi connectivity index (χ3n) is 5.53. The molecule has 0 saturated heterocycles. The first-order chi connectivity index (χ1) is 16.9. The van der Waals surface area contributed by atoms with Gasteiger partial charge in [-0.05, 0) is 76.6 Å². The van der Waals surface area contributed by atoms with Gasteiger partial charge in [-0.2, -0.15) is 0 Å². The molecule has 0 aliphatic heterocycles. The number of carbonyl (C=O) groups excluding carboxylic acids is 1. The number of ether oxygens (including phenoxy) is 1. The maximum atomic E-state index is 14.1. The first-order valence-electron chi connectivity index (χ1n) is 11.6. The molecular weight excluding hydrogens is 468 g/mol. The summed E-state index contributed by atoms with van der Waals surface area (Å²) < 4.78 is 34.1. The molecule has 0 spiro atoms. The molecule has 3 rings (SSSR count). The number of hydrogen-bond donors (Lipinski definition) is 3. The van der Waals surface area contributed by atoms with Crippen LogP contribution in [0.1, 0.15) is 49.2 Å². The Morgan fingerprint density at radius 1 is 1.08 bits per heavy atom. The van der Waals surface area contributed by atoms with Crippen LogP contribution >= 0.6 is 0 Å². The molecule has 1 unspecified atom stereocenters. The maximum absolute atomic E-state index is 14.1. The summed E-state index contributed by atoms with van der Waals surface area (Å²) in [6, 6.07) is 11.8. The highest BCUT2D eigenvalue weighted by Crippen LogP contribution is 2.21. The molecule has 9 heteroatoms. The highest BCUT2D eigenvalue weighted by atomic mass is 19.1. The standard InChI is InChI=1S/C27H31F2N3O4/c1-16(26(35)36-27(2,3)4)31-14-13-17-5-8-19(9-6-17)32-23(33)12-11-21(25(32)30)24(34)20-10-7-18(28)15-22(20)29/h5-12,15-16,26,31,35H,13-14,30H2,1-4H3/t16-,26?/m0/s1. The number of nitrogens with one attached hydrogen (secondary N) is 1. The van der Waals surface area contributed by atoms with Crippen molar-refractivity contribution in [2.24, 2.45) is 0 Å². The summed E-state index contributed by atoms with van der Waals surface area (Å²) in [4.78, 5) is 25.4. The molecule has 0 radical (unpaired) electrons. The summed E-state index contributed by atoms with van der Waals surface area (Å²) in [5.41, 5.74) is 6.23. The first kappa shape index (κ1) is 27.2. The van der Waals surface area contributed by atoms with E-state index >= 15 is 0 Å². The van der Waals surface area contributed by atoms with E-state index in [4.69, 9.17) is 10.5 Å². The molecule has 192 valence electrons. The van der Waals surface area contributed by atoms with Gasteiger partial charge in [0.2, 0.25) is 0 Å². The van der Waals surface area contributed by atoms with Gasteiger partial charge in [0.25, 0.3) is 5.56 Å². The number of anilines is 1. The van der Waals surface area contributed by atoms with Crippen molar-refractivity contribution in [2.75, 3.05) is 12.3 Å². The fraction of sp³-hybridized carbons (Fsp3) is 0.333. The number of halogens is 2. The molecule has 0 fully saturated rings. The molecule has 0 amide bonds. The average Bonchev–Trinajstić information content (AvgIpc) is 2.78. The molecule has 36 heavy (non-hydrogen) atoms. The van der Waals surface area contributed by atoms with E-state index in [1.807, 2.05) is 39.8 Å². The number of pyridine rings is 1. The molecule has 3 aromatic rings. The second-order valence-electron chi connectivity index (χ2n) is 9.54. The van der Waals surface area contributed by atoms with Crippen LogP contribution in [0, 0.1) is 11.6 Å². The molecule has 0 bridgehead atoms. The summed E-state index contributed by atoms with van der Waals surface area (Å²) in [5.74, 6) is -2.72. The topological polar surface area (TPSA) is 107 Å². The fourth-order valence-corrected chi connectivity index (χ4v) is 3.65. The second kappa shape index (κ2) is 11.1. The van der Waals surface area contributed by atoms with E-state index in [0.717, 1.165) is 17.7 Å². The van der Waals surface area contributed by atoms with Crippen LogP contribution in [0.3, 0.4) is 0 Å². The largest absolute Gasteiger partial charge is 0.384 e. The number of aliphatic hydroxyl groups excluding tert-OH is 1. The number of benzene rings is 2. The molecule has 1 aromatic heterocycles. The Hall–Kier alpha value is -3.40. The number of ketones is 1. The minimum absolute atomic E-state index is 0.0709. The highest BCUT2D eigenvalue weighted by Gasteiger charge is 2.22. The van der Waals surface area contributed by atoms with E-state index in [2.05, 4.69) is 5.32 Å². The molecule has 2 atom stereocenters. The van der Waals surface area contributed by atoms with Gasteiger partial charge in [0.05, 0.1) is 28.5 Å². The molecule has 2 aromatic carbocycles. The molecule has 0 aliphatic rings. The zero-order valence-corrected chi connectivity index (χ0v) is 20.7. The second-order valence-corrected chi connectivity index (χ2v) is 9.54. The zero-order chi connectivity index (χ0) is 26.6. The lowest BCUT2D eigenvalue weighted by Crippen LogP contribution is -2.43. The molecular formula is C27H31F2N3O4. The molecule has 4 N–H and O–H groups in total. The number of rotatable bonds is 9. The lowest BCUT2D eigenvalue weighted by atomic mass is 10.0. The summed E-state index contributed by atoms with van der Waals surface area (Å²) in [6.07, 6.45) is -0.292. The highest BCUT2D eigenvalue weighted by molar-refractivity contribution is 6.11. The van der Waals surface area contributed by atoms with E-state index in [1.54, 1.807) is 12.1 Å². The number of hydrogen-bond acceptors (Lipinski definition) is 6. The Balaban J connectivity index is 1.74. The van der Waals surface area contributed by atoms with Crippen molar-refractivity contribution in [3.05, 3.63) is 93.3 Å². The lowest BCUT2D eigenvalue weighted by Gasteiger charge is -2.28. The minimum atomic E-state index is -1.01. The normalized spacial score (nSPS) is 13.4. The van der Waals surface area contributed by atoms with E-state index in [-0.39, 0.29) is 23.0 Å². The smallest absolute Gasteiger partial charge is 0.256 e. The third kappa shape index (κ3) is 6.63. The van der Waals surface area contributed by atoms with E-state index in [0.29, 0.717) is 24.7 Å². The van der Waals surface area contributed by atoms with Crippen LogP contribution in [0.2, 0.25) is 0 Å². The van der Waals surface area contributed by atoms with Crippen LogP contribution in [-0.4, -0.2) is 39.9 Å². The maximum Gasteiger partial charge on any atom is 0.256 e. The Labute approximate surface area is 208 Å². The van der Waals surface area contributed by atoms with Crippen molar-refractivity contribution in [3.63, 3.8) is 0 Å². The van der Waals surface area contributed by atoms with Gasteiger partial charge in [0, 0.05) is 12.1 Å². The first-order valence-corrected chi connectivity index (χ1v) is 11.6. The Bertz CT molecular complexity index is 1280.